The minimum Gasteiger partial charge on any atom is -0.372 e. The maximum atomic E-state index is 13.0. The highest BCUT2D eigenvalue weighted by molar-refractivity contribution is 6.33. The summed E-state index contributed by atoms with van der Waals surface area (Å²) in [4.78, 5) is 13.8. The van der Waals surface area contributed by atoms with Gasteiger partial charge in [-0.1, -0.05) is 17.7 Å². The smallest absolute Gasteiger partial charge is 0.372 e. The highest BCUT2D eigenvalue weighted by atomic mass is 35.5. The molecule has 1 heterocycles. The van der Waals surface area contributed by atoms with E-state index in [4.69, 9.17) is 11.6 Å². The number of hydrogen-bond acceptors (Lipinski definition) is 2. The van der Waals surface area contributed by atoms with Crippen LogP contribution in [0.5, 0.6) is 0 Å². The van der Waals surface area contributed by atoms with Crippen LogP contribution in [0.25, 0.3) is 0 Å². The van der Waals surface area contributed by atoms with Crippen molar-refractivity contribution in [2.45, 2.75) is 32.0 Å². The molecule has 1 N–H and O–H groups in total. The second-order valence-electron chi connectivity index (χ2n) is 5.06. The molecule has 1 aliphatic rings. The van der Waals surface area contributed by atoms with Crippen molar-refractivity contribution in [2.75, 3.05) is 18.4 Å². The fourth-order valence-electron chi connectivity index (χ4n) is 2.40. The molecule has 1 fully saturated rings. The molecule has 3 nitrogen and oxygen atoms in total. The number of para-hydroxylation sites is 1. The number of likely N-dealkylation sites (tertiary alicyclic amines) is 1. The van der Waals surface area contributed by atoms with Crippen LogP contribution >= 0.6 is 11.6 Å². The van der Waals surface area contributed by atoms with Crippen molar-refractivity contribution >= 4 is 23.2 Å². The molecule has 1 atom stereocenters. The number of halogens is 4. The van der Waals surface area contributed by atoms with E-state index in [9.17, 15) is 18.0 Å². The summed E-state index contributed by atoms with van der Waals surface area (Å²) in [6.07, 6.45) is -2.67. The average molecular weight is 321 g/mol. The lowest BCUT2D eigenvalue weighted by Gasteiger charge is -2.24. The molecule has 1 saturated heterocycles. The molecule has 1 unspecified atom stereocenters. The fraction of sp³-hybridized carbons (Fsp3) is 0.500. The molecule has 1 aromatic rings. The number of alkyl halides is 3. The number of hydrogen-bond donors (Lipinski definition) is 1. The van der Waals surface area contributed by atoms with E-state index in [1.807, 2.05) is 0 Å². The zero-order valence-electron chi connectivity index (χ0n) is 11.5. The van der Waals surface area contributed by atoms with E-state index >= 15 is 0 Å². The maximum absolute atomic E-state index is 13.0. The molecular formula is C14H16ClF3N2O. The van der Waals surface area contributed by atoms with Crippen LogP contribution in [-0.2, 0) is 11.0 Å². The second-order valence-corrected chi connectivity index (χ2v) is 5.47. The number of rotatable bonds is 3. The summed E-state index contributed by atoms with van der Waals surface area (Å²) in [5.41, 5.74) is -1.11. The largest absolute Gasteiger partial charge is 0.418 e. The monoisotopic (exact) mass is 320 g/mol. The summed E-state index contributed by atoms with van der Waals surface area (Å²) in [7, 11) is 0. The summed E-state index contributed by atoms with van der Waals surface area (Å²) in [5, 5.41) is 2.57. The van der Waals surface area contributed by atoms with Gasteiger partial charge in [-0.05, 0) is 31.9 Å². The van der Waals surface area contributed by atoms with Gasteiger partial charge in [0.25, 0.3) is 0 Å². The van der Waals surface area contributed by atoms with Gasteiger partial charge in [0.1, 0.15) is 6.04 Å². The van der Waals surface area contributed by atoms with Crippen LogP contribution in [0.1, 0.15) is 25.3 Å². The minimum absolute atomic E-state index is 0.0501. The zero-order chi connectivity index (χ0) is 15.6. The van der Waals surface area contributed by atoms with Crippen molar-refractivity contribution in [1.29, 1.82) is 0 Å². The predicted molar refractivity (Wildman–Crippen MR) is 75.4 cm³/mol. The molecule has 2 rings (SSSR count). The Labute approximate surface area is 126 Å². The van der Waals surface area contributed by atoms with E-state index < -0.39 is 17.8 Å². The lowest BCUT2D eigenvalue weighted by atomic mass is 10.1. The van der Waals surface area contributed by atoms with Gasteiger partial charge in [-0.2, -0.15) is 13.2 Å². The van der Waals surface area contributed by atoms with E-state index in [0.717, 1.165) is 18.9 Å². The number of carbonyl (C=O) groups is 1. The summed E-state index contributed by atoms with van der Waals surface area (Å²) in [5.74, 6) is -0.208. The van der Waals surface area contributed by atoms with Crippen LogP contribution in [0, 0.1) is 0 Å². The molecule has 7 heteroatoms. The topological polar surface area (TPSA) is 32.3 Å². The highest BCUT2D eigenvalue weighted by Crippen LogP contribution is 2.38. The van der Waals surface area contributed by atoms with Gasteiger partial charge in [-0.15, -0.1) is 0 Å². The lowest BCUT2D eigenvalue weighted by molar-refractivity contribution is -0.137. The molecule has 0 aromatic heterocycles. The zero-order valence-corrected chi connectivity index (χ0v) is 12.3. The first-order chi connectivity index (χ1) is 9.80. The number of nitrogens with zero attached hydrogens (tertiary/aromatic N) is 1. The summed E-state index contributed by atoms with van der Waals surface area (Å²) in [6, 6.07) is 2.79. The summed E-state index contributed by atoms with van der Waals surface area (Å²) in [6.45, 7) is 2.85. The third-order valence-electron chi connectivity index (χ3n) is 3.47. The van der Waals surface area contributed by atoms with E-state index in [1.165, 1.54) is 12.1 Å². The van der Waals surface area contributed by atoms with Gasteiger partial charge in [-0.3, -0.25) is 4.79 Å². The van der Waals surface area contributed by atoms with Crippen molar-refractivity contribution in [3.05, 3.63) is 28.8 Å². The molecular weight excluding hydrogens is 305 g/mol. The molecule has 1 amide bonds. The molecule has 0 spiro atoms. The number of nitrogens with one attached hydrogen (secondary N) is 1. The van der Waals surface area contributed by atoms with Crippen molar-refractivity contribution in [3.8, 4) is 0 Å². The number of carbonyl (C=O) groups excluding carboxylic acids is 1. The summed E-state index contributed by atoms with van der Waals surface area (Å²) >= 11 is 5.86. The molecule has 0 bridgehead atoms. The third-order valence-corrected chi connectivity index (χ3v) is 3.78. The van der Waals surface area contributed by atoms with Crippen molar-refractivity contribution in [1.82, 2.24) is 4.90 Å². The second kappa shape index (κ2) is 6.13. The number of benzene rings is 1. The van der Waals surface area contributed by atoms with Gasteiger partial charge in [-0.25, -0.2) is 0 Å². The van der Waals surface area contributed by atoms with Gasteiger partial charge < -0.3 is 10.2 Å². The van der Waals surface area contributed by atoms with Crippen LogP contribution in [0.3, 0.4) is 0 Å². The van der Waals surface area contributed by atoms with Crippen molar-refractivity contribution in [2.24, 2.45) is 0 Å². The molecule has 116 valence electrons. The van der Waals surface area contributed by atoms with E-state index in [0.29, 0.717) is 13.1 Å². The van der Waals surface area contributed by atoms with Gasteiger partial charge in [0.15, 0.2) is 0 Å². The Morgan fingerprint density at radius 3 is 2.52 bits per heavy atom. The van der Waals surface area contributed by atoms with Crippen LogP contribution < -0.4 is 5.32 Å². The van der Waals surface area contributed by atoms with Gasteiger partial charge >= 0.3 is 6.18 Å². The van der Waals surface area contributed by atoms with Crippen LogP contribution in [0.4, 0.5) is 18.9 Å². The van der Waals surface area contributed by atoms with Crippen LogP contribution in [-0.4, -0.2) is 29.9 Å². The van der Waals surface area contributed by atoms with Crippen LogP contribution in [0.15, 0.2) is 18.2 Å². The first kappa shape index (κ1) is 15.9. The van der Waals surface area contributed by atoms with E-state index in [-0.39, 0.29) is 16.6 Å². The summed E-state index contributed by atoms with van der Waals surface area (Å²) < 4.78 is 39.0. The average Bonchev–Trinajstić information content (AvgIpc) is 2.92. The highest BCUT2D eigenvalue weighted by Gasteiger charge is 2.35. The molecule has 0 aliphatic carbocycles. The van der Waals surface area contributed by atoms with E-state index in [2.05, 4.69) is 5.32 Å². The number of amides is 1. The molecule has 0 radical (unpaired) electrons. The Balaban J connectivity index is 2.20. The van der Waals surface area contributed by atoms with Crippen LogP contribution in [0.2, 0.25) is 5.02 Å². The first-order valence-electron chi connectivity index (χ1n) is 6.71. The van der Waals surface area contributed by atoms with Crippen molar-refractivity contribution in [3.63, 3.8) is 0 Å². The first-order valence-corrected chi connectivity index (χ1v) is 7.09. The predicted octanol–water partition coefficient (Wildman–Crippen LogP) is 3.78. The fourth-order valence-corrected chi connectivity index (χ4v) is 2.63. The third kappa shape index (κ3) is 3.61. The standard InChI is InChI=1S/C14H16ClF3N2O/c1-9(13(21)20-7-2-3-8-20)19-12-10(14(16,17)18)5-4-6-11(12)15/h4-6,9,19H,2-3,7-8H2,1H3. The van der Waals surface area contributed by atoms with Gasteiger partial charge in [0, 0.05) is 13.1 Å². The molecule has 1 aliphatic heterocycles. The quantitative estimate of drug-likeness (QED) is 0.919. The molecule has 0 saturated carbocycles. The SMILES string of the molecule is CC(Nc1c(Cl)cccc1C(F)(F)F)C(=O)N1CCCC1. The Morgan fingerprint density at radius 1 is 1.33 bits per heavy atom. The lowest BCUT2D eigenvalue weighted by Crippen LogP contribution is -2.40. The molecule has 21 heavy (non-hydrogen) atoms. The molecule has 1 aromatic carbocycles. The van der Waals surface area contributed by atoms with Gasteiger partial charge in [0.05, 0.1) is 16.3 Å². The normalized spacial score (nSPS) is 16.9. The Morgan fingerprint density at radius 2 is 1.95 bits per heavy atom. The Bertz CT molecular complexity index is 527. The Kier molecular flexibility index (Phi) is 4.66. The Hall–Kier alpha value is -1.43. The van der Waals surface area contributed by atoms with Crippen molar-refractivity contribution < 1.29 is 18.0 Å². The van der Waals surface area contributed by atoms with E-state index in [1.54, 1.807) is 11.8 Å². The minimum atomic E-state index is -4.52. The maximum Gasteiger partial charge on any atom is 0.418 e. The number of anilines is 1. The van der Waals surface area contributed by atoms with Gasteiger partial charge in [0.2, 0.25) is 5.91 Å².